The number of nitrogens with one attached hydrogen (secondary N) is 3. The van der Waals surface area contributed by atoms with Gasteiger partial charge in [0.15, 0.2) is 0 Å². The average molecular weight is 580 g/mol. The van der Waals surface area contributed by atoms with Crippen LogP contribution in [-0.2, 0) is 36.8 Å². The second kappa shape index (κ2) is 13.2. The molecule has 13 heteroatoms. The van der Waals surface area contributed by atoms with Gasteiger partial charge in [0.25, 0.3) is 0 Å². The number of aromatic hydroxyl groups is 1. The van der Waals surface area contributed by atoms with Gasteiger partial charge in [-0.05, 0) is 48.6 Å². The molecule has 0 aliphatic carbocycles. The maximum atomic E-state index is 13.9. The van der Waals surface area contributed by atoms with Gasteiger partial charge in [-0.3, -0.25) is 19.2 Å². The molecule has 1 aromatic heterocycles. The Balaban J connectivity index is 1.55. The highest BCUT2D eigenvalue weighted by Crippen LogP contribution is 2.23. The van der Waals surface area contributed by atoms with Crippen molar-refractivity contribution in [1.29, 1.82) is 0 Å². The summed E-state index contributed by atoms with van der Waals surface area (Å²) in [6.07, 6.45) is 1.85. The third kappa shape index (κ3) is 7.23. The second-order valence-corrected chi connectivity index (χ2v) is 10.3. The summed E-state index contributed by atoms with van der Waals surface area (Å²) >= 11 is 0. The fourth-order valence-corrected chi connectivity index (χ4v) is 5.12. The van der Waals surface area contributed by atoms with E-state index in [0.717, 1.165) is 16.5 Å². The summed E-state index contributed by atoms with van der Waals surface area (Å²) in [5.74, 6) is -4.75. The van der Waals surface area contributed by atoms with Crippen LogP contribution in [0.25, 0.3) is 10.9 Å². The zero-order valence-electron chi connectivity index (χ0n) is 22.7. The zero-order valence-corrected chi connectivity index (χ0v) is 22.7. The van der Waals surface area contributed by atoms with Gasteiger partial charge in [0.05, 0.1) is 12.5 Å². The third-order valence-electron chi connectivity index (χ3n) is 7.27. The standard InChI is InChI=1S/C29H33N5O8/c30-20(12-16-7-9-18(35)10-8-16)26(38)32-22(13-17-15-31-21-5-2-1-4-19(17)21)28(40)34-11-3-6-24(34)27(39)33-23(29(41)42)14-25(36)37/h1-2,4-5,7-10,15,20,22-24,31,35H,3,6,11-14,30H2,(H,32,38)(H,33,39)(H,36,37)(H,41,42). The van der Waals surface area contributed by atoms with E-state index >= 15 is 0 Å². The molecule has 8 N–H and O–H groups in total. The van der Waals surface area contributed by atoms with Crippen LogP contribution in [0.5, 0.6) is 5.75 Å². The lowest BCUT2D eigenvalue weighted by Crippen LogP contribution is -2.57. The predicted octanol–water partition coefficient (Wildman–Crippen LogP) is 0.506. The Labute approximate surface area is 240 Å². The molecular formula is C29H33N5O8. The molecule has 1 saturated heterocycles. The van der Waals surface area contributed by atoms with E-state index in [4.69, 9.17) is 10.8 Å². The van der Waals surface area contributed by atoms with E-state index in [1.165, 1.54) is 17.0 Å². The van der Waals surface area contributed by atoms with Crippen LogP contribution in [0.1, 0.15) is 30.4 Å². The summed E-state index contributed by atoms with van der Waals surface area (Å²) in [5, 5.41) is 33.7. The zero-order chi connectivity index (χ0) is 30.4. The first kappa shape index (κ1) is 30.1. The normalized spacial score (nSPS) is 16.9. The number of aromatic nitrogens is 1. The van der Waals surface area contributed by atoms with Gasteiger partial charge in [-0.25, -0.2) is 4.79 Å². The van der Waals surface area contributed by atoms with E-state index in [2.05, 4.69) is 15.6 Å². The van der Waals surface area contributed by atoms with E-state index in [0.29, 0.717) is 12.0 Å². The van der Waals surface area contributed by atoms with Crippen LogP contribution >= 0.6 is 0 Å². The predicted molar refractivity (Wildman–Crippen MR) is 150 cm³/mol. The molecule has 0 saturated carbocycles. The molecule has 0 radical (unpaired) electrons. The molecule has 13 nitrogen and oxygen atoms in total. The number of hydrogen-bond donors (Lipinski definition) is 7. The molecule has 2 heterocycles. The van der Waals surface area contributed by atoms with Gasteiger partial charge in [-0.15, -0.1) is 0 Å². The first-order chi connectivity index (χ1) is 20.0. The highest BCUT2D eigenvalue weighted by atomic mass is 16.4. The molecule has 0 bridgehead atoms. The van der Waals surface area contributed by atoms with Gasteiger partial charge in [-0.2, -0.15) is 0 Å². The number of likely N-dealkylation sites (tertiary alicyclic amines) is 1. The summed E-state index contributed by atoms with van der Waals surface area (Å²) in [6, 6.07) is 8.87. The maximum Gasteiger partial charge on any atom is 0.326 e. The Hall–Kier alpha value is -4.91. The molecule has 4 rings (SSSR count). The number of nitrogens with two attached hydrogens (primary N) is 1. The number of rotatable bonds is 12. The fraction of sp³-hybridized carbons (Fsp3) is 0.345. The Bertz CT molecular complexity index is 1470. The van der Waals surface area contributed by atoms with E-state index in [1.807, 2.05) is 24.3 Å². The van der Waals surface area contributed by atoms with Crippen LogP contribution in [0.2, 0.25) is 0 Å². The quantitative estimate of drug-likeness (QED) is 0.159. The van der Waals surface area contributed by atoms with Gasteiger partial charge >= 0.3 is 11.9 Å². The van der Waals surface area contributed by atoms with Crippen LogP contribution in [-0.4, -0.2) is 85.6 Å². The monoisotopic (exact) mass is 579 g/mol. The topological polar surface area (TPSA) is 215 Å². The molecule has 1 aliphatic heterocycles. The average Bonchev–Trinajstić information content (AvgIpc) is 3.60. The molecule has 1 aliphatic rings. The summed E-state index contributed by atoms with van der Waals surface area (Å²) in [5.41, 5.74) is 8.48. The number of phenolic OH excluding ortho intramolecular Hbond substituents is 1. The number of carbonyl (C=O) groups excluding carboxylic acids is 3. The summed E-state index contributed by atoms with van der Waals surface area (Å²) in [4.78, 5) is 67.2. The van der Waals surface area contributed by atoms with Crippen molar-refractivity contribution in [3.05, 3.63) is 65.9 Å². The number of aromatic amines is 1. The summed E-state index contributed by atoms with van der Waals surface area (Å²) in [6.45, 7) is 0.188. The number of hydrogen-bond acceptors (Lipinski definition) is 7. The Morgan fingerprint density at radius 1 is 0.976 bits per heavy atom. The number of carboxylic acid groups (broad SMARTS) is 2. The lowest BCUT2D eigenvalue weighted by atomic mass is 10.0. The van der Waals surface area contributed by atoms with E-state index in [-0.39, 0.29) is 31.6 Å². The Kier molecular flexibility index (Phi) is 9.42. The number of fused-ring (bicyclic) bond motifs is 1. The molecule has 3 aromatic rings. The van der Waals surface area contributed by atoms with Crippen molar-refractivity contribution in [2.45, 2.75) is 56.3 Å². The highest BCUT2D eigenvalue weighted by molar-refractivity contribution is 5.95. The second-order valence-electron chi connectivity index (χ2n) is 10.3. The lowest BCUT2D eigenvalue weighted by Gasteiger charge is -2.30. The van der Waals surface area contributed by atoms with E-state index < -0.39 is 60.2 Å². The van der Waals surface area contributed by atoms with Gasteiger partial charge in [0.2, 0.25) is 17.7 Å². The number of nitrogens with zero attached hydrogens (tertiary/aromatic N) is 1. The third-order valence-corrected chi connectivity index (χ3v) is 7.27. The molecule has 0 spiro atoms. The van der Waals surface area contributed by atoms with Crippen molar-refractivity contribution in [3.63, 3.8) is 0 Å². The smallest absolute Gasteiger partial charge is 0.326 e. The van der Waals surface area contributed by atoms with Gasteiger partial charge in [0, 0.05) is 30.1 Å². The fourth-order valence-electron chi connectivity index (χ4n) is 5.12. The molecule has 1 fully saturated rings. The maximum absolute atomic E-state index is 13.9. The van der Waals surface area contributed by atoms with Crippen LogP contribution < -0.4 is 16.4 Å². The number of aliphatic carboxylic acids is 2. The van der Waals surface area contributed by atoms with Gasteiger partial charge < -0.3 is 41.6 Å². The van der Waals surface area contributed by atoms with Crippen molar-refractivity contribution in [2.75, 3.05) is 6.54 Å². The molecule has 4 atom stereocenters. The number of H-pyrrole nitrogens is 1. The molecule has 222 valence electrons. The lowest BCUT2D eigenvalue weighted by molar-refractivity contribution is -0.148. The van der Waals surface area contributed by atoms with E-state index in [9.17, 15) is 34.2 Å². The minimum absolute atomic E-state index is 0.0722. The number of phenols is 1. The van der Waals surface area contributed by atoms with Crippen LogP contribution in [0, 0.1) is 0 Å². The van der Waals surface area contributed by atoms with Gasteiger partial charge in [-0.1, -0.05) is 30.3 Å². The first-order valence-corrected chi connectivity index (χ1v) is 13.5. The van der Waals surface area contributed by atoms with Crippen LogP contribution in [0.4, 0.5) is 0 Å². The first-order valence-electron chi connectivity index (χ1n) is 13.5. The Morgan fingerprint density at radius 3 is 2.38 bits per heavy atom. The van der Waals surface area contributed by atoms with Crippen molar-refractivity contribution in [2.24, 2.45) is 5.73 Å². The summed E-state index contributed by atoms with van der Waals surface area (Å²) in [7, 11) is 0. The highest BCUT2D eigenvalue weighted by Gasteiger charge is 2.39. The number of para-hydroxylation sites is 1. The number of carbonyl (C=O) groups is 5. The number of benzene rings is 2. The van der Waals surface area contributed by atoms with Crippen molar-refractivity contribution < 1.29 is 39.3 Å². The molecule has 4 unspecified atom stereocenters. The van der Waals surface area contributed by atoms with Gasteiger partial charge in [0.1, 0.15) is 23.9 Å². The number of amides is 3. The largest absolute Gasteiger partial charge is 0.508 e. The minimum Gasteiger partial charge on any atom is -0.508 e. The Morgan fingerprint density at radius 2 is 1.69 bits per heavy atom. The van der Waals surface area contributed by atoms with Crippen LogP contribution in [0.3, 0.4) is 0 Å². The van der Waals surface area contributed by atoms with Crippen molar-refractivity contribution in [3.8, 4) is 5.75 Å². The van der Waals surface area contributed by atoms with Crippen molar-refractivity contribution >= 4 is 40.6 Å². The number of carboxylic acids is 2. The molecular weight excluding hydrogens is 546 g/mol. The minimum atomic E-state index is -1.66. The van der Waals surface area contributed by atoms with Crippen molar-refractivity contribution in [1.82, 2.24) is 20.5 Å². The summed E-state index contributed by atoms with van der Waals surface area (Å²) < 4.78 is 0. The van der Waals surface area contributed by atoms with Crippen LogP contribution in [0.15, 0.2) is 54.7 Å². The molecule has 3 amide bonds. The molecule has 2 aromatic carbocycles. The SMILES string of the molecule is NC(Cc1ccc(O)cc1)C(=O)NC(Cc1c[nH]c2ccccc12)C(=O)N1CCCC1C(=O)NC(CC(=O)O)C(=O)O. The molecule has 42 heavy (non-hydrogen) atoms. The van der Waals surface area contributed by atoms with E-state index in [1.54, 1.807) is 18.3 Å².